The quantitative estimate of drug-likeness (QED) is 0.145. The van der Waals surface area contributed by atoms with Crippen molar-refractivity contribution in [3.05, 3.63) is 255 Å². The Morgan fingerprint density at radius 2 is 0.812 bits per heavy atom. The van der Waals surface area contributed by atoms with Crippen LogP contribution in [0.1, 0.15) is 0 Å². The van der Waals surface area contributed by atoms with Gasteiger partial charge in [0.1, 0.15) is 0 Å². The molecule has 0 saturated carbocycles. The van der Waals surface area contributed by atoms with Gasteiger partial charge in [0, 0.05) is 59.1 Å². The molecule has 0 unspecified atom stereocenters. The summed E-state index contributed by atoms with van der Waals surface area (Å²) in [6.45, 7) is 0. The van der Waals surface area contributed by atoms with Crippen molar-refractivity contribution < 1.29 is 0 Å². The maximum Gasteiger partial charge on any atom is 0.0619 e. The second kappa shape index (κ2) is 16.0. The first-order valence-electron chi connectivity index (χ1n) is 23.6. The van der Waals surface area contributed by atoms with Gasteiger partial charge >= 0.3 is 0 Å². The molecule has 3 heteroatoms. The van der Waals surface area contributed by atoms with Crippen LogP contribution in [-0.2, 0) is 0 Å². The zero-order valence-electron chi connectivity index (χ0n) is 37.6. The molecule has 0 radical (unpaired) electrons. The van der Waals surface area contributed by atoms with Gasteiger partial charge in [-0.2, -0.15) is 0 Å². The molecule has 2 aromatic heterocycles. The molecule has 322 valence electrons. The van der Waals surface area contributed by atoms with Crippen molar-refractivity contribution in [3.63, 3.8) is 0 Å². The molecule has 12 aromatic carbocycles. The van der Waals surface area contributed by atoms with E-state index in [1.807, 2.05) is 11.3 Å². The van der Waals surface area contributed by atoms with Gasteiger partial charge in [0.05, 0.1) is 11.0 Å². The van der Waals surface area contributed by atoms with Gasteiger partial charge in [-0.25, -0.2) is 0 Å². The molecule has 0 amide bonds. The summed E-state index contributed by atoms with van der Waals surface area (Å²) in [5.41, 5.74) is 14.1. The SMILES string of the molecule is c1ccc(-n2c3cc(-c4ccc(N(c5ccc(-c6ccc7sc8ccccc8c7c6)cc5)c5ccc(-c6cc7ccccc7c7ccccc67)cc5)cc4)ccc3c3ccc4ccccc4c32)cc1. The Hall–Kier alpha value is -8.76. The van der Waals surface area contributed by atoms with Gasteiger partial charge in [-0.3, -0.25) is 0 Å². The topological polar surface area (TPSA) is 8.17 Å². The summed E-state index contributed by atoms with van der Waals surface area (Å²) >= 11 is 1.86. The van der Waals surface area contributed by atoms with Gasteiger partial charge in [-0.1, -0.05) is 176 Å². The van der Waals surface area contributed by atoms with E-state index in [4.69, 9.17) is 0 Å². The number of rotatable bonds is 7. The van der Waals surface area contributed by atoms with Crippen LogP contribution in [0.4, 0.5) is 17.1 Å². The monoisotopic (exact) mass is 894 g/mol. The molecule has 0 aliphatic heterocycles. The smallest absolute Gasteiger partial charge is 0.0619 e. The van der Waals surface area contributed by atoms with E-state index in [1.165, 1.54) is 108 Å². The standard InChI is InChI=1S/C66H42N2S/c1-2-14-50(15-3-1)68-63-42-48(29-37-58(63)60-38-28-45-12-4-7-17-55(45)66(60)68)44-24-33-52(34-25-44)67(51-31-22-43(23-32-51)47-30-39-65-62(40-47)59-20-10-11-21-64(59)69-65)53-35-26-46(27-36-53)61-41-49-13-5-6-16-54(49)56-18-8-9-19-57(56)61/h1-42H. The highest BCUT2D eigenvalue weighted by atomic mass is 32.1. The molecule has 0 aliphatic rings. The van der Waals surface area contributed by atoms with Crippen LogP contribution in [0.5, 0.6) is 0 Å². The van der Waals surface area contributed by atoms with Crippen molar-refractivity contribution in [1.29, 1.82) is 0 Å². The Bertz CT molecular complexity index is 4280. The normalized spacial score (nSPS) is 11.8. The maximum absolute atomic E-state index is 2.45. The van der Waals surface area contributed by atoms with Crippen molar-refractivity contribution in [2.24, 2.45) is 0 Å². The van der Waals surface area contributed by atoms with E-state index >= 15 is 0 Å². The average Bonchev–Trinajstić information content (AvgIpc) is 3.97. The van der Waals surface area contributed by atoms with Crippen LogP contribution in [0.15, 0.2) is 255 Å². The molecular formula is C66H42N2S. The number of aromatic nitrogens is 1. The predicted octanol–water partition coefficient (Wildman–Crippen LogP) is 19.1. The Morgan fingerprint density at radius 3 is 1.54 bits per heavy atom. The third-order valence-electron chi connectivity index (χ3n) is 14.2. The van der Waals surface area contributed by atoms with Crippen LogP contribution >= 0.6 is 11.3 Å². The third-order valence-corrected chi connectivity index (χ3v) is 15.3. The lowest BCUT2D eigenvalue weighted by Crippen LogP contribution is -2.09. The molecule has 69 heavy (non-hydrogen) atoms. The number of para-hydroxylation sites is 1. The predicted molar refractivity (Wildman–Crippen MR) is 297 cm³/mol. The molecule has 2 heterocycles. The number of benzene rings is 12. The first-order valence-corrected chi connectivity index (χ1v) is 24.5. The number of hydrogen-bond acceptors (Lipinski definition) is 2. The third kappa shape index (κ3) is 6.54. The molecule has 14 rings (SSSR count). The zero-order chi connectivity index (χ0) is 45.4. The second-order valence-electron chi connectivity index (χ2n) is 18.1. The minimum Gasteiger partial charge on any atom is -0.311 e. The van der Waals surface area contributed by atoms with Crippen molar-refractivity contribution in [2.45, 2.75) is 0 Å². The van der Waals surface area contributed by atoms with E-state index in [-0.39, 0.29) is 0 Å². The summed E-state index contributed by atoms with van der Waals surface area (Å²) in [4.78, 5) is 2.38. The molecular weight excluding hydrogens is 853 g/mol. The molecule has 0 fully saturated rings. The highest BCUT2D eigenvalue weighted by molar-refractivity contribution is 7.25. The molecule has 2 nitrogen and oxygen atoms in total. The molecule has 0 aliphatic carbocycles. The van der Waals surface area contributed by atoms with E-state index in [0.717, 1.165) is 22.7 Å². The van der Waals surface area contributed by atoms with Crippen LogP contribution in [0.2, 0.25) is 0 Å². The molecule has 0 spiro atoms. The van der Waals surface area contributed by atoms with E-state index in [0.29, 0.717) is 0 Å². The first-order chi connectivity index (χ1) is 34.2. The number of fused-ring (bicyclic) bond motifs is 11. The van der Waals surface area contributed by atoms with Crippen LogP contribution in [0.3, 0.4) is 0 Å². The largest absolute Gasteiger partial charge is 0.311 e. The summed E-state index contributed by atoms with van der Waals surface area (Å²) in [5, 5.41) is 12.7. The fourth-order valence-corrected chi connectivity index (χ4v) is 11.9. The average molecular weight is 895 g/mol. The molecule has 14 aromatic rings. The van der Waals surface area contributed by atoms with Gasteiger partial charge in [0.25, 0.3) is 0 Å². The maximum atomic E-state index is 2.45. The minimum atomic E-state index is 1.09. The second-order valence-corrected chi connectivity index (χ2v) is 19.1. The number of hydrogen-bond donors (Lipinski definition) is 0. The Labute approximate surface area is 403 Å². The van der Waals surface area contributed by atoms with Gasteiger partial charge in [0.15, 0.2) is 0 Å². The number of anilines is 3. The number of nitrogens with zero attached hydrogens (tertiary/aromatic N) is 2. The summed E-state index contributed by atoms with van der Waals surface area (Å²) in [6.07, 6.45) is 0. The molecule has 0 N–H and O–H groups in total. The zero-order valence-corrected chi connectivity index (χ0v) is 38.4. The van der Waals surface area contributed by atoms with Gasteiger partial charge in [-0.15, -0.1) is 11.3 Å². The van der Waals surface area contributed by atoms with Gasteiger partial charge in [0.2, 0.25) is 0 Å². The summed E-state index contributed by atoms with van der Waals surface area (Å²) in [6, 6.07) is 93.7. The van der Waals surface area contributed by atoms with Gasteiger partial charge < -0.3 is 9.47 Å². The molecule has 0 atom stereocenters. The fraction of sp³-hybridized carbons (Fsp3) is 0. The molecule has 0 saturated heterocycles. The lowest BCUT2D eigenvalue weighted by molar-refractivity contribution is 1.19. The van der Waals surface area contributed by atoms with Crippen molar-refractivity contribution >= 4 is 103 Å². The Balaban J connectivity index is 0.874. The van der Waals surface area contributed by atoms with Crippen LogP contribution in [0, 0.1) is 0 Å². The lowest BCUT2D eigenvalue weighted by Gasteiger charge is -2.26. The lowest BCUT2D eigenvalue weighted by atomic mass is 9.93. The van der Waals surface area contributed by atoms with Crippen molar-refractivity contribution in [1.82, 2.24) is 4.57 Å². The van der Waals surface area contributed by atoms with E-state index in [1.54, 1.807) is 0 Å². The summed E-state index contributed by atoms with van der Waals surface area (Å²) in [7, 11) is 0. The van der Waals surface area contributed by atoms with Crippen LogP contribution in [0.25, 0.3) is 113 Å². The van der Waals surface area contributed by atoms with E-state index < -0.39 is 0 Å². The van der Waals surface area contributed by atoms with Crippen LogP contribution < -0.4 is 4.90 Å². The first kappa shape index (κ1) is 39.4. The minimum absolute atomic E-state index is 1.09. The molecule has 0 bridgehead atoms. The highest BCUT2D eigenvalue weighted by Crippen LogP contribution is 2.43. The Morgan fingerprint density at radius 1 is 0.290 bits per heavy atom. The number of thiophene rings is 1. The Kier molecular flexibility index (Phi) is 9.11. The van der Waals surface area contributed by atoms with Crippen molar-refractivity contribution in [2.75, 3.05) is 4.90 Å². The fourth-order valence-electron chi connectivity index (χ4n) is 10.8. The van der Waals surface area contributed by atoms with Gasteiger partial charge in [-0.05, 0) is 139 Å². The summed E-state index contributed by atoms with van der Waals surface area (Å²) < 4.78 is 5.09. The van der Waals surface area contributed by atoms with Crippen molar-refractivity contribution in [3.8, 4) is 39.1 Å². The van der Waals surface area contributed by atoms with E-state index in [2.05, 4.69) is 264 Å². The summed E-state index contributed by atoms with van der Waals surface area (Å²) in [5.74, 6) is 0. The van der Waals surface area contributed by atoms with Crippen LogP contribution in [-0.4, -0.2) is 4.57 Å². The van der Waals surface area contributed by atoms with E-state index in [9.17, 15) is 0 Å². The highest BCUT2D eigenvalue weighted by Gasteiger charge is 2.18.